The van der Waals surface area contributed by atoms with Gasteiger partial charge in [0.25, 0.3) is 0 Å². The van der Waals surface area contributed by atoms with Gasteiger partial charge in [0, 0.05) is 43.5 Å². The maximum absolute atomic E-state index is 13.1. The maximum atomic E-state index is 13.1. The Morgan fingerprint density at radius 2 is 2.21 bits per heavy atom. The first kappa shape index (κ1) is 11.9. The molecule has 0 N–H and O–H groups in total. The molecule has 3 saturated heterocycles. The highest BCUT2D eigenvalue weighted by atomic mass is 16.5. The van der Waals surface area contributed by atoms with E-state index in [1.165, 1.54) is 12.8 Å². The van der Waals surface area contributed by atoms with E-state index in [4.69, 9.17) is 0 Å². The minimum Gasteiger partial charge on any atom is -0.633 e. The third-order valence-corrected chi connectivity index (χ3v) is 5.86. The van der Waals surface area contributed by atoms with E-state index < -0.39 is 0 Å². The molecule has 104 valence electrons. The first-order valence-corrected chi connectivity index (χ1v) is 7.70. The summed E-state index contributed by atoms with van der Waals surface area (Å²) in [5, 5.41) is 13.1. The molecule has 4 heterocycles. The molecule has 0 saturated carbocycles. The fourth-order valence-electron chi connectivity index (χ4n) is 5.06. The molecule has 0 aliphatic carbocycles. The van der Waals surface area contributed by atoms with Gasteiger partial charge in [-0.3, -0.25) is 4.79 Å². The predicted molar refractivity (Wildman–Crippen MR) is 71.9 cm³/mol. The number of allylic oxidation sites excluding steroid dienone is 1. The Morgan fingerprint density at radius 1 is 1.32 bits per heavy atom. The van der Waals surface area contributed by atoms with Crippen LogP contribution >= 0.6 is 0 Å². The average molecular weight is 262 g/mol. The summed E-state index contributed by atoms with van der Waals surface area (Å²) in [7, 11) is 0. The third-order valence-electron chi connectivity index (χ3n) is 5.86. The molecule has 0 aromatic carbocycles. The predicted octanol–water partition coefficient (Wildman–Crippen LogP) is 1.66. The average Bonchev–Trinajstić information content (AvgIpc) is 2.39. The Balaban J connectivity index is 1.65. The normalized spacial score (nSPS) is 48.7. The number of carbonyl (C=O) groups is 1. The number of hydrogen-bond donors (Lipinski definition) is 0. The second kappa shape index (κ2) is 4.06. The molecule has 4 heteroatoms. The molecular formula is C15H22N2O2. The molecule has 0 radical (unpaired) electrons. The molecule has 0 aromatic heterocycles. The zero-order valence-electron chi connectivity index (χ0n) is 11.3. The first-order valence-electron chi connectivity index (χ1n) is 7.70. The molecule has 2 bridgehead atoms. The van der Waals surface area contributed by atoms with Crippen LogP contribution in [-0.2, 0) is 4.79 Å². The van der Waals surface area contributed by atoms with Crippen LogP contribution in [0.3, 0.4) is 0 Å². The SMILES string of the molecule is O=C1C=CN2C[C@H]3C[C@H](C[N@+]4([O-])CCCC[C@@H]34)[C@H]2C1. The number of quaternary nitrogens is 1. The standard InChI is InChI=1S/C15H22N2O2/c18-13-4-5-16-9-11-7-12(14(16)8-13)10-17(19)6-2-1-3-15(11)17/h4-5,11-12,14-15H,1-3,6-10H2/t11-,12-,14-,15+,17-/m1/s1. The fourth-order valence-corrected chi connectivity index (χ4v) is 5.06. The highest BCUT2D eigenvalue weighted by Gasteiger charge is 2.51. The molecule has 19 heavy (non-hydrogen) atoms. The zero-order valence-corrected chi connectivity index (χ0v) is 11.3. The molecule has 0 amide bonds. The molecule has 4 aliphatic heterocycles. The van der Waals surface area contributed by atoms with Crippen LogP contribution in [-0.4, -0.2) is 47.0 Å². The third kappa shape index (κ3) is 1.77. The molecule has 4 nitrogen and oxygen atoms in total. The van der Waals surface area contributed by atoms with Crippen molar-refractivity contribution in [2.24, 2.45) is 11.8 Å². The van der Waals surface area contributed by atoms with Crippen molar-refractivity contribution in [3.8, 4) is 0 Å². The minimum atomic E-state index is 0.0532. The summed E-state index contributed by atoms with van der Waals surface area (Å²) < 4.78 is 0.0532. The summed E-state index contributed by atoms with van der Waals surface area (Å²) >= 11 is 0. The van der Waals surface area contributed by atoms with Gasteiger partial charge in [-0.15, -0.1) is 0 Å². The van der Waals surface area contributed by atoms with E-state index in [1.807, 2.05) is 6.20 Å². The van der Waals surface area contributed by atoms with Gasteiger partial charge < -0.3 is 14.8 Å². The Hall–Kier alpha value is -0.870. The number of hydrogen-bond acceptors (Lipinski definition) is 3. The summed E-state index contributed by atoms with van der Waals surface area (Å²) in [6.45, 7) is 2.56. The van der Waals surface area contributed by atoms with Crippen LogP contribution in [0, 0.1) is 17.0 Å². The van der Waals surface area contributed by atoms with Crippen LogP contribution in [0.25, 0.3) is 0 Å². The van der Waals surface area contributed by atoms with Gasteiger partial charge in [0.15, 0.2) is 5.78 Å². The summed E-state index contributed by atoms with van der Waals surface area (Å²) in [5.41, 5.74) is 0. The molecule has 5 atom stereocenters. The van der Waals surface area contributed by atoms with Crippen molar-refractivity contribution in [3.63, 3.8) is 0 Å². The quantitative estimate of drug-likeness (QED) is 0.492. The summed E-state index contributed by atoms with van der Waals surface area (Å²) in [4.78, 5) is 14.0. The molecule has 0 unspecified atom stereocenters. The van der Waals surface area contributed by atoms with Crippen LogP contribution in [0.2, 0.25) is 0 Å². The van der Waals surface area contributed by atoms with Crippen LogP contribution < -0.4 is 0 Å². The van der Waals surface area contributed by atoms with Crippen molar-refractivity contribution in [2.75, 3.05) is 19.6 Å². The Labute approximate surface area is 114 Å². The molecule has 0 spiro atoms. The molecular weight excluding hydrogens is 240 g/mol. The highest BCUT2D eigenvalue weighted by molar-refractivity contribution is 5.90. The van der Waals surface area contributed by atoms with Crippen molar-refractivity contribution in [3.05, 3.63) is 17.5 Å². The van der Waals surface area contributed by atoms with Crippen LogP contribution in [0.4, 0.5) is 0 Å². The van der Waals surface area contributed by atoms with E-state index in [-0.39, 0.29) is 10.4 Å². The van der Waals surface area contributed by atoms with Gasteiger partial charge >= 0.3 is 0 Å². The summed E-state index contributed by atoms with van der Waals surface area (Å²) in [6.07, 6.45) is 8.94. The molecule has 4 aliphatic rings. The van der Waals surface area contributed by atoms with E-state index in [0.717, 1.165) is 32.5 Å². The van der Waals surface area contributed by atoms with Crippen LogP contribution in [0.15, 0.2) is 12.3 Å². The lowest BCUT2D eigenvalue weighted by Crippen LogP contribution is -2.68. The first-order chi connectivity index (χ1) is 9.16. The monoisotopic (exact) mass is 262 g/mol. The second-order valence-corrected chi connectivity index (χ2v) is 6.93. The molecule has 3 fully saturated rings. The Morgan fingerprint density at radius 3 is 3.11 bits per heavy atom. The van der Waals surface area contributed by atoms with Gasteiger partial charge in [0.05, 0.1) is 19.1 Å². The van der Waals surface area contributed by atoms with Crippen molar-refractivity contribution < 1.29 is 9.44 Å². The van der Waals surface area contributed by atoms with Crippen molar-refractivity contribution >= 4 is 5.78 Å². The number of fused-ring (bicyclic) bond motifs is 6. The lowest BCUT2D eigenvalue weighted by Gasteiger charge is -2.63. The fraction of sp³-hybridized carbons (Fsp3) is 0.800. The molecule has 0 aromatic rings. The van der Waals surface area contributed by atoms with E-state index >= 15 is 0 Å². The lowest BCUT2D eigenvalue weighted by atomic mass is 9.71. The Kier molecular flexibility index (Phi) is 2.55. The van der Waals surface area contributed by atoms with Gasteiger partial charge in [0.2, 0.25) is 0 Å². The minimum absolute atomic E-state index is 0.0532. The topological polar surface area (TPSA) is 43.4 Å². The van der Waals surface area contributed by atoms with E-state index in [0.29, 0.717) is 30.3 Å². The second-order valence-electron chi connectivity index (χ2n) is 6.93. The maximum Gasteiger partial charge on any atom is 0.159 e. The number of rotatable bonds is 0. The van der Waals surface area contributed by atoms with Crippen molar-refractivity contribution in [1.29, 1.82) is 0 Å². The zero-order chi connectivity index (χ0) is 13.0. The van der Waals surface area contributed by atoms with Gasteiger partial charge in [0.1, 0.15) is 0 Å². The molecule has 4 rings (SSSR count). The number of piperidine rings is 3. The highest BCUT2D eigenvalue weighted by Crippen LogP contribution is 2.45. The number of ketones is 1. The smallest absolute Gasteiger partial charge is 0.159 e. The Bertz CT molecular complexity index is 436. The van der Waals surface area contributed by atoms with E-state index in [1.54, 1.807) is 6.08 Å². The number of nitrogens with zero attached hydrogens (tertiary/aromatic N) is 2. The van der Waals surface area contributed by atoms with Crippen molar-refractivity contribution in [2.45, 2.75) is 44.2 Å². The van der Waals surface area contributed by atoms with Crippen LogP contribution in [0.1, 0.15) is 32.1 Å². The van der Waals surface area contributed by atoms with Crippen molar-refractivity contribution in [1.82, 2.24) is 4.90 Å². The van der Waals surface area contributed by atoms with Gasteiger partial charge in [-0.1, -0.05) is 0 Å². The van der Waals surface area contributed by atoms with E-state index in [2.05, 4.69) is 4.90 Å². The van der Waals surface area contributed by atoms with Crippen LogP contribution in [0.5, 0.6) is 0 Å². The summed E-state index contributed by atoms with van der Waals surface area (Å²) in [6, 6.07) is 0.637. The number of carbonyl (C=O) groups excluding carboxylic acids is 1. The van der Waals surface area contributed by atoms with Gasteiger partial charge in [-0.25, -0.2) is 0 Å². The number of hydroxylamine groups is 3. The largest absolute Gasteiger partial charge is 0.633 e. The van der Waals surface area contributed by atoms with Gasteiger partial charge in [-0.2, -0.15) is 0 Å². The van der Waals surface area contributed by atoms with Gasteiger partial charge in [-0.05, 0) is 25.3 Å². The van der Waals surface area contributed by atoms with E-state index in [9.17, 15) is 10.0 Å². The summed E-state index contributed by atoms with van der Waals surface area (Å²) in [5.74, 6) is 1.21. The lowest BCUT2D eigenvalue weighted by molar-refractivity contribution is -0.925.